The van der Waals surface area contributed by atoms with Gasteiger partial charge in [-0.25, -0.2) is 0 Å². The summed E-state index contributed by atoms with van der Waals surface area (Å²) in [7, 11) is 0. The second kappa shape index (κ2) is 4.73. The van der Waals surface area contributed by atoms with Crippen LogP contribution < -0.4 is 5.32 Å². The zero-order valence-corrected chi connectivity index (χ0v) is 10.8. The Labute approximate surface area is 103 Å². The second-order valence-corrected chi connectivity index (χ2v) is 4.92. The molecule has 0 bridgehead atoms. The molecule has 0 aromatic heterocycles. The van der Waals surface area contributed by atoms with Gasteiger partial charge in [-0.1, -0.05) is 17.7 Å². The van der Waals surface area contributed by atoms with Gasteiger partial charge in [0, 0.05) is 6.61 Å². The molecule has 1 aliphatic heterocycles. The van der Waals surface area contributed by atoms with Crippen LogP contribution in [0.3, 0.4) is 0 Å². The molecule has 1 saturated heterocycles. The Morgan fingerprint density at radius 3 is 3.00 bits per heavy atom. The lowest BCUT2D eigenvalue weighted by molar-refractivity contribution is 0.121. The van der Waals surface area contributed by atoms with E-state index in [4.69, 9.17) is 16.3 Å². The summed E-state index contributed by atoms with van der Waals surface area (Å²) in [5, 5.41) is 4.17. The van der Waals surface area contributed by atoms with Gasteiger partial charge in [0.25, 0.3) is 0 Å². The van der Waals surface area contributed by atoms with E-state index in [1.54, 1.807) is 0 Å². The molecule has 0 aliphatic carbocycles. The largest absolute Gasteiger partial charge is 0.379 e. The van der Waals surface area contributed by atoms with Gasteiger partial charge in [-0.3, -0.25) is 0 Å². The maximum absolute atomic E-state index is 6.02. The van der Waals surface area contributed by atoms with Crippen LogP contribution in [0.1, 0.15) is 13.3 Å². The van der Waals surface area contributed by atoms with E-state index >= 15 is 0 Å². The SMILES string of the molecule is CC1OCCC1Nc1cccc(Cl)c1Br. The summed E-state index contributed by atoms with van der Waals surface area (Å²) >= 11 is 9.49. The van der Waals surface area contributed by atoms with Gasteiger partial charge in [-0.2, -0.15) is 0 Å². The summed E-state index contributed by atoms with van der Waals surface area (Å²) in [6.45, 7) is 2.92. The molecule has 15 heavy (non-hydrogen) atoms. The fraction of sp³-hybridized carbons (Fsp3) is 0.455. The van der Waals surface area contributed by atoms with Crippen LogP contribution >= 0.6 is 27.5 Å². The number of ether oxygens (including phenoxy) is 1. The number of hydrogen-bond donors (Lipinski definition) is 1. The van der Waals surface area contributed by atoms with E-state index in [1.165, 1.54) is 0 Å². The molecular weight excluding hydrogens is 277 g/mol. The maximum Gasteiger partial charge on any atom is 0.0748 e. The first-order chi connectivity index (χ1) is 7.18. The summed E-state index contributed by atoms with van der Waals surface area (Å²) in [6.07, 6.45) is 1.30. The number of halogens is 2. The third-order valence-corrected chi connectivity index (χ3v) is 4.07. The molecule has 1 heterocycles. The molecule has 2 rings (SSSR count). The fourth-order valence-electron chi connectivity index (χ4n) is 1.74. The number of benzene rings is 1. The van der Waals surface area contributed by atoms with Crippen molar-refractivity contribution in [1.82, 2.24) is 0 Å². The van der Waals surface area contributed by atoms with Crippen molar-refractivity contribution in [2.75, 3.05) is 11.9 Å². The zero-order chi connectivity index (χ0) is 10.8. The molecule has 0 amide bonds. The van der Waals surface area contributed by atoms with Crippen LogP contribution in [-0.4, -0.2) is 18.8 Å². The van der Waals surface area contributed by atoms with Crippen molar-refractivity contribution in [3.05, 3.63) is 27.7 Å². The molecule has 0 saturated carbocycles. The first-order valence-corrected chi connectivity index (χ1v) is 6.17. The molecule has 1 fully saturated rings. The van der Waals surface area contributed by atoms with Crippen molar-refractivity contribution in [3.63, 3.8) is 0 Å². The summed E-state index contributed by atoms with van der Waals surface area (Å²) in [5.41, 5.74) is 1.03. The Morgan fingerprint density at radius 2 is 2.33 bits per heavy atom. The lowest BCUT2D eigenvalue weighted by Crippen LogP contribution is -2.26. The van der Waals surface area contributed by atoms with Crippen molar-refractivity contribution in [3.8, 4) is 0 Å². The molecule has 1 N–H and O–H groups in total. The lowest BCUT2D eigenvalue weighted by Gasteiger charge is -2.18. The van der Waals surface area contributed by atoms with Gasteiger partial charge in [-0.15, -0.1) is 0 Å². The molecular formula is C11H13BrClNO. The molecule has 0 radical (unpaired) electrons. The average Bonchev–Trinajstić information content (AvgIpc) is 2.60. The van der Waals surface area contributed by atoms with Crippen LogP contribution in [-0.2, 0) is 4.74 Å². The van der Waals surface area contributed by atoms with Crippen LogP contribution in [0.25, 0.3) is 0 Å². The Hall–Kier alpha value is -0.250. The number of nitrogens with one attached hydrogen (secondary N) is 1. The number of anilines is 1. The van der Waals surface area contributed by atoms with E-state index in [1.807, 2.05) is 18.2 Å². The Bertz CT molecular complexity index is 358. The summed E-state index contributed by atoms with van der Waals surface area (Å²) in [6, 6.07) is 6.20. The van der Waals surface area contributed by atoms with E-state index < -0.39 is 0 Å². The number of rotatable bonds is 2. The predicted molar refractivity (Wildman–Crippen MR) is 66.6 cm³/mol. The predicted octanol–water partition coefficient (Wildman–Crippen LogP) is 3.69. The molecule has 1 aromatic rings. The monoisotopic (exact) mass is 289 g/mol. The molecule has 82 valence electrons. The van der Waals surface area contributed by atoms with Crippen LogP contribution in [0, 0.1) is 0 Å². The Balaban J connectivity index is 2.13. The topological polar surface area (TPSA) is 21.3 Å². The quantitative estimate of drug-likeness (QED) is 0.897. The van der Waals surface area contributed by atoms with Gasteiger partial charge < -0.3 is 10.1 Å². The van der Waals surface area contributed by atoms with E-state index in [9.17, 15) is 0 Å². The van der Waals surface area contributed by atoms with Crippen molar-refractivity contribution in [2.45, 2.75) is 25.5 Å². The minimum Gasteiger partial charge on any atom is -0.379 e. The highest BCUT2D eigenvalue weighted by Crippen LogP contribution is 2.31. The average molecular weight is 291 g/mol. The van der Waals surface area contributed by atoms with Gasteiger partial charge in [0.15, 0.2) is 0 Å². The normalized spacial score (nSPS) is 25.5. The molecule has 1 aliphatic rings. The lowest BCUT2D eigenvalue weighted by atomic mass is 10.1. The van der Waals surface area contributed by atoms with Gasteiger partial charge >= 0.3 is 0 Å². The first kappa shape index (κ1) is 11.2. The van der Waals surface area contributed by atoms with Crippen molar-refractivity contribution in [2.24, 2.45) is 0 Å². The molecule has 1 aromatic carbocycles. The van der Waals surface area contributed by atoms with Gasteiger partial charge in [0.05, 0.1) is 27.3 Å². The standard InChI is InChI=1S/C11H13BrClNO/c1-7-9(5-6-15-7)14-10-4-2-3-8(13)11(10)12/h2-4,7,9,14H,5-6H2,1H3. The highest BCUT2D eigenvalue weighted by molar-refractivity contribution is 9.10. The van der Waals surface area contributed by atoms with Crippen LogP contribution in [0.5, 0.6) is 0 Å². The van der Waals surface area contributed by atoms with E-state index in [-0.39, 0.29) is 6.10 Å². The zero-order valence-electron chi connectivity index (χ0n) is 8.47. The minimum absolute atomic E-state index is 0.260. The Kier molecular flexibility index (Phi) is 3.54. The van der Waals surface area contributed by atoms with Crippen molar-refractivity contribution < 1.29 is 4.74 Å². The molecule has 2 atom stereocenters. The molecule has 4 heteroatoms. The third kappa shape index (κ3) is 2.47. The highest BCUT2D eigenvalue weighted by Gasteiger charge is 2.24. The fourth-order valence-corrected chi connectivity index (χ4v) is 2.29. The highest BCUT2D eigenvalue weighted by atomic mass is 79.9. The summed E-state index contributed by atoms with van der Waals surface area (Å²) < 4.78 is 6.42. The van der Waals surface area contributed by atoms with E-state index in [0.717, 1.165) is 28.2 Å². The number of hydrogen-bond acceptors (Lipinski definition) is 2. The molecule has 2 unspecified atom stereocenters. The summed E-state index contributed by atoms with van der Waals surface area (Å²) in [5.74, 6) is 0. The molecule has 2 nitrogen and oxygen atoms in total. The van der Waals surface area contributed by atoms with Gasteiger partial charge in [0.1, 0.15) is 0 Å². The van der Waals surface area contributed by atoms with Crippen LogP contribution in [0.2, 0.25) is 5.02 Å². The van der Waals surface area contributed by atoms with E-state index in [0.29, 0.717) is 6.04 Å². The maximum atomic E-state index is 6.02. The van der Waals surface area contributed by atoms with Crippen LogP contribution in [0.4, 0.5) is 5.69 Å². The van der Waals surface area contributed by atoms with Gasteiger partial charge in [0.2, 0.25) is 0 Å². The van der Waals surface area contributed by atoms with Crippen LogP contribution in [0.15, 0.2) is 22.7 Å². The second-order valence-electron chi connectivity index (χ2n) is 3.72. The molecule has 0 spiro atoms. The van der Waals surface area contributed by atoms with E-state index in [2.05, 4.69) is 28.2 Å². The smallest absolute Gasteiger partial charge is 0.0748 e. The van der Waals surface area contributed by atoms with Gasteiger partial charge in [-0.05, 0) is 41.4 Å². The summed E-state index contributed by atoms with van der Waals surface area (Å²) in [4.78, 5) is 0. The Morgan fingerprint density at radius 1 is 1.53 bits per heavy atom. The van der Waals surface area contributed by atoms with Crippen molar-refractivity contribution >= 4 is 33.2 Å². The minimum atomic E-state index is 0.260. The van der Waals surface area contributed by atoms with Crippen molar-refractivity contribution in [1.29, 1.82) is 0 Å². The first-order valence-electron chi connectivity index (χ1n) is 5.00. The third-order valence-electron chi connectivity index (χ3n) is 2.67.